The SMILES string of the molecule is CC.O=c1[nH]c2c(nc1-c1cccc3c(=O)n(CCN4CCCC4)[nH]c13)CC(O)=CC(C1CCCCO1)=C2. The molecule has 202 valence electrons. The third-order valence-corrected chi connectivity index (χ3v) is 7.45. The fourth-order valence-electron chi connectivity index (χ4n) is 5.53. The van der Waals surface area contributed by atoms with Crippen LogP contribution in [0, 0.1) is 0 Å². The maximum absolute atomic E-state index is 13.2. The zero-order valence-corrected chi connectivity index (χ0v) is 22.3. The highest BCUT2D eigenvalue weighted by molar-refractivity contribution is 5.92. The van der Waals surface area contributed by atoms with Crippen molar-refractivity contribution in [2.45, 2.75) is 65.0 Å². The molecule has 1 aromatic carbocycles. The van der Waals surface area contributed by atoms with Crippen LogP contribution in [-0.2, 0) is 17.7 Å². The Labute approximate surface area is 221 Å². The molecule has 9 heteroatoms. The summed E-state index contributed by atoms with van der Waals surface area (Å²) in [7, 11) is 0. The van der Waals surface area contributed by atoms with Gasteiger partial charge in [-0.25, -0.2) is 4.98 Å². The Kier molecular flexibility index (Phi) is 7.95. The Morgan fingerprint density at radius 3 is 2.66 bits per heavy atom. The number of aliphatic hydroxyl groups excluding tert-OH is 1. The van der Waals surface area contributed by atoms with Gasteiger partial charge < -0.3 is 19.7 Å². The van der Waals surface area contributed by atoms with Gasteiger partial charge in [-0.1, -0.05) is 26.0 Å². The number of nitrogens with zero attached hydrogens (tertiary/aromatic N) is 3. The number of hydrogen-bond acceptors (Lipinski definition) is 6. The molecular weight excluding hydrogens is 482 g/mol. The Hall–Kier alpha value is -3.43. The monoisotopic (exact) mass is 519 g/mol. The summed E-state index contributed by atoms with van der Waals surface area (Å²) in [5.41, 5.74) is 2.96. The smallest absolute Gasteiger partial charge is 0.275 e. The van der Waals surface area contributed by atoms with E-state index in [0.29, 0.717) is 41.0 Å². The molecule has 3 aliphatic rings. The molecule has 1 atom stereocenters. The maximum Gasteiger partial charge on any atom is 0.275 e. The molecule has 6 rings (SSSR count). The van der Waals surface area contributed by atoms with Crippen LogP contribution in [0.25, 0.3) is 28.2 Å². The van der Waals surface area contributed by atoms with Crippen molar-refractivity contribution in [3.63, 3.8) is 0 Å². The number of fused-ring (bicyclic) bond motifs is 2. The first-order chi connectivity index (χ1) is 18.6. The van der Waals surface area contributed by atoms with Gasteiger partial charge in [-0.05, 0) is 69.0 Å². The molecular formula is C29H37N5O4. The number of ether oxygens (including phenoxy) is 1. The first kappa shape index (κ1) is 26.2. The lowest BCUT2D eigenvalue weighted by Crippen LogP contribution is -2.28. The third-order valence-electron chi connectivity index (χ3n) is 7.45. The van der Waals surface area contributed by atoms with E-state index < -0.39 is 0 Å². The second-order valence-electron chi connectivity index (χ2n) is 9.93. The average molecular weight is 520 g/mol. The van der Waals surface area contributed by atoms with E-state index in [-0.39, 0.29) is 35.1 Å². The minimum absolute atomic E-state index is 0.0992. The van der Waals surface area contributed by atoms with Gasteiger partial charge in [0.1, 0.15) is 5.69 Å². The van der Waals surface area contributed by atoms with Gasteiger partial charge in [0.25, 0.3) is 11.1 Å². The lowest BCUT2D eigenvalue weighted by molar-refractivity contribution is 0.0418. The lowest BCUT2D eigenvalue weighted by atomic mass is 10.0. The molecule has 9 nitrogen and oxygen atoms in total. The largest absolute Gasteiger partial charge is 0.512 e. The van der Waals surface area contributed by atoms with Gasteiger partial charge in [0, 0.05) is 25.1 Å². The van der Waals surface area contributed by atoms with Crippen LogP contribution in [-0.4, -0.2) is 62.1 Å². The van der Waals surface area contributed by atoms with E-state index >= 15 is 0 Å². The van der Waals surface area contributed by atoms with Crippen LogP contribution in [0.2, 0.25) is 0 Å². The Morgan fingerprint density at radius 2 is 1.89 bits per heavy atom. The number of H-pyrrole nitrogens is 2. The summed E-state index contributed by atoms with van der Waals surface area (Å²) in [5.74, 6) is 0.180. The van der Waals surface area contributed by atoms with Crippen molar-refractivity contribution >= 4 is 17.0 Å². The molecule has 0 spiro atoms. The molecule has 0 radical (unpaired) electrons. The normalized spacial score (nSPS) is 19.8. The predicted octanol–water partition coefficient (Wildman–Crippen LogP) is 4.15. The second-order valence-corrected chi connectivity index (χ2v) is 9.93. The molecule has 3 N–H and O–H groups in total. The number of aliphatic hydroxyl groups is 1. The van der Waals surface area contributed by atoms with Crippen molar-refractivity contribution in [3.05, 3.63) is 67.7 Å². The summed E-state index contributed by atoms with van der Waals surface area (Å²) >= 11 is 0. The molecule has 0 saturated carbocycles. The Bertz CT molecular complexity index is 1470. The van der Waals surface area contributed by atoms with Crippen molar-refractivity contribution in [1.82, 2.24) is 24.6 Å². The third kappa shape index (κ3) is 5.26. The average Bonchev–Trinajstić information content (AvgIpc) is 3.54. The number of aromatic nitrogens is 4. The van der Waals surface area contributed by atoms with Crippen LogP contribution in [0.3, 0.4) is 0 Å². The highest BCUT2D eigenvalue weighted by atomic mass is 16.5. The molecule has 1 aliphatic carbocycles. The predicted molar refractivity (Wildman–Crippen MR) is 149 cm³/mol. The molecule has 3 aromatic rings. The van der Waals surface area contributed by atoms with Gasteiger partial charge in [0.05, 0.1) is 40.7 Å². The quantitative estimate of drug-likeness (QED) is 0.466. The van der Waals surface area contributed by atoms with Gasteiger partial charge >= 0.3 is 0 Å². The number of rotatable bonds is 5. The minimum Gasteiger partial charge on any atom is -0.512 e. The van der Waals surface area contributed by atoms with Crippen molar-refractivity contribution in [3.8, 4) is 11.3 Å². The summed E-state index contributed by atoms with van der Waals surface area (Å²) in [6.45, 7) is 8.20. The van der Waals surface area contributed by atoms with Crippen LogP contribution in [0.1, 0.15) is 57.3 Å². The summed E-state index contributed by atoms with van der Waals surface area (Å²) < 4.78 is 7.52. The highest BCUT2D eigenvalue weighted by Gasteiger charge is 2.23. The van der Waals surface area contributed by atoms with E-state index in [1.807, 2.05) is 19.9 Å². The fraction of sp³-hybridized carbons (Fsp3) is 0.483. The molecule has 4 heterocycles. The van der Waals surface area contributed by atoms with Crippen molar-refractivity contribution in [1.29, 1.82) is 0 Å². The zero-order valence-electron chi connectivity index (χ0n) is 22.3. The van der Waals surface area contributed by atoms with E-state index in [4.69, 9.17) is 9.72 Å². The maximum atomic E-state index is 13.2. The van der Waals surface area contributed by atoms with E-state index in [9.17, 15) is 14.7 Å². The van der Waals surface area contributed by atoms with Gasteiger partial charge in [-0.2, -0.15) is 0 Å². The topological polar surface area (TPSA) is 116 Å². The van der Waals surface area contributed by atoms with Crippen LogP contribution < -0.4 is 11.1 Å². The lowest BCUT2D eigenvalue weighted by Gasteiger charge is -2.23. The van der Waals surface area contributed by atoms with Gasteiger partial charge in [-0.3, -0.25) is 19.4 Å². The minimum atomic E-state index is -0.339. The van der Waals surface area contributed by atoms with Crippen LogP contribution in [0.15, 0.2) is 45.2 Å². The second kappa shape index (κ2) is 11.5. The summed E-state index contributed by atoms with van der Waals surface area (Å²) in [6.07, 6.45) is 9.08. The van der Waals surface area contributed by atoms with E-state index in [1.165, 1.54) is 12.8 Å². The van der Waals surface area contributed by atoms with Gasteiger partial charge in [0.2, 0.25) is 0 Å². The first-order valence-corrected chi connectivity index (χ1v) is 13.9. The fourth-order valence-corrected chi connectivity index (χ4v) is 5.53. The first-order valence-electron chi connectivity index (χ1n) is 13.9. The number of aromatic amines is 2. The van der Waals surface area contributed by atoms with Crippen LogP contribution in [0.5, 0.6) is 0 Å². The van der Waals surface area contributed by atoms with Crippen molar-refractivity contribution in [2.24, 2.45) is 0 Å². The van der Waals surface area contributed by atoms with Crippen LogP contribution in [0.4, 0.5) is 0 Å². The number of para-hydroxylation sites is 1. The van der Waals surface area contributed by atoms with Gasteiger partial charge in [0.15, 0.2) is 0 Å². The summed E-state index contributed by atoms with van der Waals surface area (Å²) in [6, 6.07) is 5.35. The van der Waals surface area contributed by atoms with Crippen LogP contribution >= 0.6 is 0 Å². The van der Waals surface area contributed by atoms with E-state index in [1.54, 1.807) is 29.0 Å². The van der Waals surface area contributed by atoms with Crippen molar-refractivity contribution < 1.29 is 9.84 Å². The summed E-state index contributed by atoms with van der Waals surface area (Å²) in [5, 5.41) is 14.4. The Balaban J connectivity index is 0.00000144. The number of allylic oxidation sites excluding steroid dienone is 1. The molecule has 2 fully saturated rings. The number of benzene rings is 1. The standard InChI is InChI=1S/C27H31N5O4.C2H6/c33-18-14-17(23-8-1-4-13-36-23)15-21-22(16-18)28-25(26(34)29-21)19-6-5-7-20-24(19)30-32(27(20)35)12-11-31-9-2-3-10-31;1-2/h5-7,14-15,23,30,33H,1-4,8-13,16H2,(H,29,34);1-2H3. The molecule has 2 aliphatic heterocycles. The number of nitrogens with one attached hydrogen (secondary N) is 2. The summed E-state index contributed by atoms with van der Waals surface area (Å²) in [4.78, 5) is 36.3. The molecule has 2 saturated heterocycles. The van der Waals surface area contributed by atoms with E-state index in [0.717, 1.165) is 44.5 Å². The molecule has 38 heavy (non-hydrogen) atoms. The zero-order chi connectivity index (χ0) is 26.6. The Morgan fingerprint density at radius 1 is 1.08 bits per heavy atom. The molecule has 0 bridgehead atoms. The molecule has 2 aromatic heterocycles. The van der Waals surface area contributed by atoms with E-state index in [2.05, 4.69) is 15.0 Å². The number of likely N-dealkylation sites (tertiary alicyclic amines) is 1. The van der Waals surface area contributed by atoms with Gasteiger partial charge in [-0.15, -0.1) is 0 Å². The number of hydrogen-bond donors (Lipinski definition) is 3. The van der Waals surface area contributed by atoms with Crippen molar-refractivity contribution in [2.75, 3.05) is 26.2 Å². The molecule has 1 unspecified atom stereocenters. The molecule has 0 amide bonds. The highest BCUT2D eigenvalue weighted by Crippen LogP contribution is 2.28.